The molecule has 3 unspecified atom stereocenters. The number of nitrogens with zero attached hydrogens (tertiary/aromatic N) is 1. The first-order valence-corrected chi connectivity index (χ1v) is 13.9. The lowest BCUT2D eigenvalue weighted by atomic mass is 9.87. The van der Waals surface area contributed by atoms with Gasteiger partial charge in [0, 0.05) is 43.9 Å². The van der Waals surface area contributed by atoms with E-state index in [9.17, 15) is 27.9 Å². The number of ether oxygens (including phenoxy) is 2. The Labute approximate surface area is 244 Å². The lowest BCUT2D eigenvalue weighted by Crippen LogP contribution is -2.55. The molecule has 8 nitrogen and oxygen atoms in total. The highest BCUT2D eigenvalue weighted by Crippen LogP contribution is 2.32. The monoisotopic (exact) mass is 676 g/mol. The number of carbonyl (C=O) groups excluding carboxylic acids is 2. The van der Waals surface area contributed by atoms with Crippen LogP contribution in [-0.2, 0) is 15.7 Å². The summed E-state index contributed by atoms with van der Waals surface area (Å²) in [5.41, 5.74) is -0.636. The maximum atomic E-state index is 13.7. The number of benzene rings is 2. The summed E-state index contributed by atoms with van der Waals surface area (Å²) in [6, 6.07) is 10.0. The zero-order chi connectivity index (χ0) is 29.3. The molecular formula is C28H32F3IN2O6. The Morgan fingerprint density at radius 2 is 1.85 bits per heavy atom. The normalized spacial score (nSPS) is 19.1. The van der Waals surface area contributed by atoms with Gasteiger partial charge in [-0.25, -0.2) is 0 Å². The van der Waals surface area contributed by atoms with Crippen LogP contribution in [-0.4, -0.2) is 78.1 Å². The number of halogens is 4. The predicted octanol–water partition coefficient (Wildman–Crippen LogP) is 3.79. The lowest BCUT2D eigenvalue weighted by molar-refractivity contribution is -0.137. The van der Waals surface area contributed by atoms with Crippen molar-refractivity contribution in [2.75, 3.05) is 32.9 Å². The molecule has 1 aliphatic rings. The number of hydrogen-bond donors (Lipinski definition) is 3. The highest BCUT2D eigenvalue weighted by Gasteiger charge is 2.41. The number of hydrogen-bond acceptors (Lipinski definition) is 6. The number of carbonyl (C=O) groups is 2. The molecule has 40 heavy (non-hydrogen) atoms. The minimum Gasteiger partial charge on any atom is -0.482 e. The van der Waals surface area contributed by atoms with E-state index in [0.717, 1.165) is 27.8 Å². The van der Waals surface area contributed by atoms with Gasteiger partial charge < -0.3 is 29.9 Å². The van der Waals surface area contributed by atoms with Gasteiger partial charge in [-0.05, 0) is 78.4 Å². The molecule has 3 rings (SSSR count). The van der Waals surface area contributed by atoms with Crippen LogP contribution in [0.1, 0.15) is 35.7 Å². The molecule has 218 valence electrons. The summed E-state index contributed by atoms with van der Waals surface area (Å²) in [4.78, 5) is 28.0. The van der Waals surface area contributed by atoms with E-state index in [1.807, 2.05) is 19.1 Å². The Hall–Kier alpha value is -2.68. The number of amides is 2. The SMILES string of the molecule is CCOCCCN(C(=O)c1ccc(C(F)(F)F)cc1)C1CC(C(=O)NCCO)=CC(Oc2ccccc2I)C1O. The predicted molar refractivity (Wildman–Crippen MR) is 150 cm³/mol. The van der Waals surface area contributed by atoms with Crippen LogP contribution in [0.25, 0.3) is 0 Å². The maximum Gasteiger partial charge on any atom is 0.416 e. The number of rotatable bonds is 12. The highest BCUT2D eigenvalue weighted by atomic mass is 127. The van der Waals surface area contributed by atoms with Crippen LogP contribution >= 0.6 is 22.6 Å². The van der Waals surface area contributed by atoms with Gasteiger partial charge >= 0.3 is 6.18 Å². The Morgan fingerprint density at radius 1 is 1.15 bits per heavy atom. The van der Waals surface area contributed by atoms with Gasteiger partial charge in [-0.2, -0.15) is 13.2 Å². The van der Waals surface area contributed by atoms with E-state index in [2.05, 4.69) is 27.9 Å². The number of alkyl halides is 3. The van der Waals surface area contributed by atoms with Crippen LogP contribution in [0.5, 0.6) is 5.75 Å². The first kappa shape index (κ1) is 31.8. The van der Waals surface area contributed by atoms with Crippen LogP contribution in [0.15, 0.2) is 60.2 Å². The van der Waals surface area contributed by atoms with E-state index >= 15 is 0 Å². The smallest absolute Gasteiger partial charge is 0.416 e. The lowest BCUT2D eigenvalue weighted by Gasteiger charge is -2.40. The molecular weight excluding hydrogens is 644 g/mol. The molecule has 0 saturated heterocycles. The second kappa shape index (κ2) is 14.8. The maximum absolute atomic E-state index is 13.7. The first-order chi connectivity index (χ1) is 19.1. The van der Waals surface area contributed by atoms with Crippen molar-refractivity contribution < 1.29 is 42.4 Å². The summed E-state index contributed by atoms with van der Waals surface area (Å²) >= 11 is 2.08. The average Bonchev–Trinajstić information content (AvgIpc) is 2.93. The molecule has 12 heteroatoms. The number of para-hydroxylation sites is 1. The van der Waals surface area contributed by atoms with Crippen molar-refractivity contribution in [3.8, 4) is 5.75 Å². The fourth-order valence-electron chi connectivity index (χ4n) is 4.33. The topological polar surface area (TPSA) is 108 Å². The van der Waals surface area contributed by atoms with Crippen LogP contribution in [0.3, 0.4) is 0 Å². The molecule has 2 amide bonds. The molecule has 0 aromatic heterocycles. The third kappa shape index (κ3) is 8.41. The van der Waals surface area contributed by atoms with E-state index in [1.165, 1.54) is 11.0 Å². The molecule has 0 aliphatic heterocycles. The zero-order valence-corrected chi connectivity index (χ0v) is 24.0. The second-order valence-corrected chi connectivity index (χ2v) is 10.2. The molecule has 2 aromatic carbocycles. The van der Waals surface area contributed by atoms with E-state index in [1.54, 1.807) is 12.1 Å². The molecule has 0 heterocycles. The molecule has 2 aromatic rings. The van der Waals surface area contributed by atoms with Crippen LogP contribution in [0, 0.1) is 3.57 Å². The molecule has 0 bridgehead atoms. The molecule has 0 saturated carbocycles. The Kier molecular flexibility index (Phi) is 11.8. The molecule has 1 aliphatic carbocycles. The third-order valence-electron chi connectivity index (χ3n) is 6.33. The fourth-order valence-corrected chi connectivity index (χ4v) is 4.85. The molecule has 0 radical (unpaired) electrons. The summed E-state index contributed by atoms with van der Waals surface area (Å²) in [6.07, 6.45) is -4.99. The van der Waals surface area contributed by atoms with Crippen LogP contribution in [0.4, 0.5) is 13.2 Å². The summed E-state index contributed by atoms with van der Waals surface area (Å²) in [7, 11) is 0. The van der Waals surface area contributed by atoms with Crippen molar-refractivity contribution in [3.63, 3.8) is 0 Å². The Bertz CT molecular complexity index is 1180. The van der Waals surface area contributed by atoms with Gasteiger partial charge in [-0.15, -0.1) is 0 Å². The summed E-state index contributed by atoms with van der Waals surface area (Å²) in [6.45, 7) is 2.45. The van der Waals surface area contributed by atoms with Gasteiger partial charge in [0.1, 0.15) is 18.0 Å². The van der Waals surface area contributed by atoms with Crippen molar-refractivity contribution in [1.29, 1.82) is 0 Å². The summed E-state index contributed by atoms with van der Waals surface area (Å²) < 4.78 is 51.6. The standard InChI is InChI=1S/C28H32F3IN2O6/c1-2-39-15-5-13-34(27(38)18-8-10-20(11-9-18)28(29,30)31)22-16-19(26(37)33-12-14-35)17-24(25(22)36)40-23-7-4-3-6-21(23)32/h3-4,6-11,17,22,24-25,35-36H,2,5,12-16H2,1H3,(H,33,37). The van der Waals surface area contributed by atoms with Gasteiger partial charge in [0.05, 0.1) is 21.8 Å². The minimum atomic E-state index is -4.56. The van der Waals surface area contributed by atoms with Crippen LogP contribution < -0.4 is 10.1 Å². The number of nitrogens with one attached hydrogen (secondary N) is 1. The zero-order valence-electron chi connectivity index (χ0n) is 21.9. The van der Waals surface area contributed by atoms with Crippen molar-refractivity contribution >= 4 is 34.4 Å². The van der Waals surface area contributed by atoms with E-state index in [4.69, 9.17) is 14.6 Å². The highest BCUT2D eigenvalue weighted by molar-refractivity contribution is 14.1. The van der Waals surface area contributed by atoms with E-state index < -0.39 is 41.8 Å². The van der Waals surface area contributed by atoms with E-state index in [0.29, 0.717) is 25.4 Å². The van der Waals surface area contributed by atoms with Gasteiger partial charge in [-0.1, -0.05) is 12.1 Å². The average molecular weight is 676 g/mol. The third-order valence-corrected chi connectivity index (χ3v) is 7.22. The quantitative estimate of drug-likeness (QED) is 0.234. The van der Waals surface area contributed by atoms with Crippen molar-refractivity contribution in [3.05, 3.63) is 74.9 Å². The van der Waals surface area contributed by atoms with Gasteiger partial charge in [0.2, 0.25) is 5.91 Å². The molecule has 0 spiro atoms. The Morgan fingerprint density at radius 3 is 2.48 bits per heavy atom. The van der Waals surface area contributed by atoms with Gasteiger partial charge in [0.25, 0.3) is 5.91 Å². The van der Waals surface area contributed by atoms with Gasteiger partial charge in [-0.3, -0.25) is 9.59 Å². The summed E-state index contributed by atoms with van der Waals surface area (Å²) in [5, 5.41) is 23.2. The first-order valence-electron chi connectivity index (χ1n) is 12.8. The van der Waals surface area contributed by atoms with Crippen molar-refractivity contribution in [2.45, 2.75) is 44.2 Å². The molecule has 3 atom stereocenters. The fraction of sp³-hybridized carbons (Fsp3) is 0.429. The largest absolute Gasteiger partial charge is 0.482 e. The molecule has 3 N–H and O–H groups in total. The summed E-state index contributed by atoms with van der Waals surface area (Å²) in [5.74, 6) is -0.617. The van der Waals surface area contributed by atoms with Gasteiger partial charge in [0.15, 0.2) is 0 Å². The molecule has 0 fully saturated rings. The number of aliphatic hydroxyl groups is 2. The van der Waals surface area contributed by atoms with Crippen molar-refractivity contribution in [1.82, 2.24) is 10.2 Å². The van der Waals surface area contributed by atoms with Crippen LogP contribution in [0.2, 0.25) is 0 Å². The Balaban J connectivity index is 1.97. The minimum absolute atomic E-state index is 0.00696. The van der Waals surface area contributed by atoms with Crippen molar-refractivity contribution in [2.24, 2.45) is 0 Å². The number of aliphatic hydroxyl groups excluding tert-OH is 2. The second-order valence-electron chi connectivity index (χ2n) is 9.07. The van der Waals surface area contributed by atoms with E-state index in [-0.39, 0.29) is 37.3 Å².